The second-order valence-electron chi connectivity index (χ2n) is 12.3. The highest BCUT2D eigenvalue weighted by Crippen LogP contribution is 2.46. The highest BCUT2D eigenvalue weighted by Gasteiger charge is 2.32. The minimum Gasteiger partial charge on any atom is -0.505 e. The molecule has 0 spiro atoms. The molecule has 55 heavy (non-hydrogen) atoms. The van der Waals surface area contributed by atoms with Crippen LogP contribution < -0.4 is 15.1 Å². The number of methoxy groups -OCH3 is 1. The molecular weight excluding hydrogens is 757 g/mol. The molecule has 4 aromatic rings. The number of ether oxygens (including phenoxy) is 1. The molecule has 0 saturated carbocycles. The molecule has 0 radical (unpaired) electrons. The van der Waals surface area contributed by atoms with Crippen molar-refractivity contribution >= 4 is 61.2 Å². The molecule has 284 valence electrons. The van der Waals surface area contributed by atoms with E-state index in [1.54, 1.807) is 19.2 Å². The maximum Gasteiger partial charge on any atom is 0.295 e. The molecule has 0 unspecified atom stereocenters. The number of aromatic hydroxyl groups is 1. The van der Waals surface area contributed by atoms with Gasteiger partial charge in [-0.05, 0) is 66.9 Å². The first kappa shape index (κ1) is 38.8. The lowest BCUT2D eigenvalue weighted by atomic mass is 9.92. The van der Waals surface area contributed by atoms with Crippen molar-refractivity contribution in [3.8, 4) is 33.9 Å². The highest BCUT2D eigenvalue weighted by atomic mass is 32.2. The molecule has 0 bridgehead atoms. The smallest absolute Gasteiger partial charge is 0.295 e. The van der Waals surface area contributed by atoms with Gasteiger partial charge >= 0.3 is 0 Å². The molecular formula is C40H33F2NO10S2. The zero-order chi connectivity index (χ0) is 39.8. The van der Waals surface area contributed by atoms with Crippen LogP contribution in [0.3, 0.4) is 0 Å². The molecule has 1 heterocycles. The summed E-state index contributed by atoms with van der Waals surface area (Å²) in [6.45, 7) is 5.86. The summed E-state index contributed by atoms with van der Waals surface area (Å²) in [5.41, 5.74) is -0.101. The second-order valence-corrected chi connectivity index (χ2v) is 15.1. The molecule has 2 aliphatic rings. The van der Waals surface area contributed by atoms with Crippen LogP contribution in [0.25, 0.3) is 57.7 Å². The Balaban J connectivity index is 1.43. The van der Waals surface area contributed by atoms with E-state index in [0.29, 0.717) is 29.5 Å². The minimum absolute atomic E-state index is 0.112. The third kappa shape index (κ3) is 8.00. The van der Waals surface area contributed by atoms with Crippen LogP contribution in [0, 0.1) is 11.6 Å². The molecule has 15 heteroatoms. The molecule has 6 rings (SSSR count). The number of phenols is 1. The van der Waals surface area contributed by atoms with Gasteiger partial charge in [-0.15, -0.1) is 0 Å². The van der Waals surface area contributed by atoms with Gasteiger partial charge in [-0.2, -0.15) is 16.8 Å². The summed E-state index contributed by atoms with van der Waals surface area (Å²) < 4.78 is 113. The number of nitrogens with zero attached hydrogens (tertiary/aromatic N) is 1. The summed E-state index contributed by atoms with van der Waals surface area (Å²) in [7, 11) is -9.10. The quantitative estimate of drug-likeness (QED) is 0.0656. The van der Waals surface area contributed by atoms with Gasteiger partial charge in [0.25, 0.3) is 20.2 Å². The Hall–Kier alpha value is -5.87. The predicted molar refractivity (Wildman–Crippen MR) is 207 cm³/mol. The number of rotatable bonds is 11. The van der Waals surface area contributed by atoms with Crippen molar-refractivity contribution in [2.75, 3.05) is 25.1 Å². The molecule has 11 nitrogen and oxygen atoms in total. The third-order valence-corrected chi connectivity index (χ3v) is 10.7. The first-order valence-electron chi connectivity index (χ1n) is 16.6. The van der Waals surface area contributed by atoms with Gasteiger partial charge in [-0.3, -0.25) is 13.9 Å². The van der Waals surface area contributed by atoms with E-state index in [2.05, 4.69) is 18.7 Å². The van der Waals surface area contributed by atoms with Crippen LogP contribution in [0.5, 0.6) is 11.5 Å². The van der Waals surface area contributed by atoms with E-state index in [1.807, 2.05) is 42.5 Å². The number of phenolic OH excluding ortho intramolecular Hbond substituents is 1. The first-order valence-corrected chi connectivity index (χ1v) is 19.5. The van der Waals surface area contributed by atoms with Crippen LogP contribution >= 0.6 is 0 Å². The summed E-state index contributed by atoms with van der Waals surface area (Å²) in [4.78, 5) is 12.3. The van der Waals surface area contributed by atoms with Crippen LogP contribution in [0.1, 0.15) is 36.1 Å². The molecule has 0 aromatic heterocycles. The summed E-state index contributed by atoms with van der Waals surface area (Å²) in [5.74, 6) is -3.22. The molecule has 1 aliphatic heterocycles. The fourth-order valence-electron chi connectivity index (χ4n) is 6.25. The van der Waals surface area contributed by atoms with Gasteiger partial charge in [0.1, 0.15) is 26.9 Å². The lowest BCUT2D eigenvalue weighted by Crippen LogP contribution is -2.21. The highest BCUT2D eigenvalue weighted by molar-refractivity contribution is 7.87. The molecule has 1 aliphatic carbocycles. The number of anilines is 1. The van der Waals surface area contributed by atoms with Gasteiger partial charge in [0.05, 0.1) is 7.11 Å². The van der Waals surface area contributed by atoms with Crippen molar-refractivity contribution in [2.24, 2.45) is 0 Å². The summed E-state index contributed by atoms with van der Waals surface area (Å²) in [6, 6.07) is 17.6. The fraction of sp³-hybridized carbons (Fsp3) is 0.125. The van der Waals surface area contributed by atoms with E-state index in [4.69, 9.17) is 9.15 Å². The van der Waals surface area contributed by atoms with E-state index in [9.17, 15) is 44.6 Å². The van der Waals surface area contributed by atoms with Gasteiger partial charge in [0.2, 0.25) is 5.43 Å². The lowest BCUT2D eigenvalue weighted by molar-refractivity contribution is 0.414. The predicted octanol–water partition coefficient (Wildman–Crippen LogP) is 8.24. The average Bonchev–Trinajstić information content (AvgIpc) is 3.13. The van der Waals surface area contributed by atoms with Crippen LogP contribution in [0.15, 0.2) is 97.9 Å². The molecule has 4 aromatic carbocycles. The normalized spacial score (nSPS) is 12.3. The van der Waals surface area contributed by atoms with Gasteiger partial charge in [0, 0.05) is 64.6 Å². The second kappa shape index (κ2) is 15.1. The van der Waals surface area contributed by atoms with Crippen molar-refractivity contribution in [1.29, 1.82) is 0 Å². The van der Waals surface area contributed by atoms with Crippen LogP contribution in [-0.2, 0) is 20.2 Å². The number of halogens is 2. The largest absolute Gasteiger partial charge is 0.505 e. The van der Waals surface area contributed by atoms with Gasteiger partial charge in [0.15, 0.2) is 17.4 Å². The van der Waals surface area contributed by atoms with Gasteiger partial charge in [-0.1, -0.05) is 48.6 Å². The standard InChI is InChI=1S/C40H33F2NO10S2/c1-4-43(5-2)27-15-14-26(34(18-27)52-3)13-12-24-8-6-23(7-9-24)10-11-25-16-37(54(46,47)48)40(38(17-25)55(49,50)51)39-28-19-30(41)32(44)21-35(28)53-36-22-33(45)31(42)20-29(36)39/h6-22,44H,4-5H2,1-3H3,(H,46,47,48)(H,49,50,51)/b11-10+,13-12+. The van der Waals surface area contributed by atoms with E-state index < -0.39 is 75.3 Å². The molecule has 0 fully saturated rings. The zero-order valence-electron chi connectivity index (χ0n) is 29.4. The summed E-state index contributed by atoms with van der Waals surface area (Å²) in [6.07, 6.45) is 6.65. The average molecular weight is 790 g/mol. The molecule has 3 N–H and O–H groups in total. The van der Waals surface area contributed by atoms with Crippen molar-refractivity contribution < 1.29 is 49.0 Å². The Labute approximate surface area is 314 Å². The Morgan fingerprint density at radius 2 is 1.31 bits per heavy atom. The third-order valence-electron chi connectivity index (χ3n) is 8.94. The maximum absolute atomic E-state index is 14.7. The van der Waals surface area contributed by atoms with E-state index in [0.717, 1.165) is 48.1 Å². The van der Waals surface area contributed by atoms with Crippen LogP contribution in [0.4, 0.5) is 14.5 Å². The van der Waals surface area contributed by atoms with Crippen molar-refractivity contribution in [3.63, 3.8) is 0 Å². The zero-order valence-corrected chi connectivity index (χ0v) is 31.1. The lowest BCUT2D eigenvalue weighted by Gasteiger charge is -2.22. The Morgan fingerprint density at radius 3 is 1.87 bits per heavy atom. The maximum atomic E-state index is 14.7. The number of hydrogen-bond donors (Lipinski definition) is 3. The van der Waals surface area contributed by atoms with Crippen molar-refractivity contribution in [3.05, 3.63) is 123 Å². The van der Waals surface area contributed by atoms with Gasteiger partial charge in [-0.25, -0.2) is 8.78 Å². The molecule has 0 saturated heterocycles. The van der Waals surface area contributed by atoms with E-state index in [1.165, 1.54) is 12.2 Å². The Morgan fingerprint density at radius 1 is 0.727 bits per heavy atom. The monoisotopic (exact) mass is 789 g/mol. The molecule has 0 atom stereocenters. The number of fused-ring (bicyclic) bond motifs is 2. The van der Waals surface area contributed by atoms with Crippen molar-refractivity contribution in [1.82, 2.24) is 0 Å². The minimum atomic E-state index is -5.35. The Bertz CT molecular complexity index is 2720. The van der Waals surface area contributed by atoms with Gasteiger partial charge < -0.3 is 19.2 Å². The van der Waals surface area contributed by atoms with Crippen LogP contribution in [-0.4, -0.2) is 51.2 Å². The summed E-state index contributed by atoms with van der Waals surface area (Å²) >= 11 is 0. The number of benzene rings is 5. The molecule has 0 amide bonds. The SMILES string of the molecule is CCN(CC)c1ccc(/C=C/c2ccc(/C=C/c3cc(S(=O)(=O)O)c(-c4c5cc(F)c(=O)cc-5oc5cc(O)c(F)cc45)c(S(=O)(=O)O)c3)cc2)c(OC)c1. The van der Waals surface area contributed by atoms with Crippen LogP contribution in [0.2, 0.25) is 0 Å². The topological polar surface area (TPSA) is 172 Å². The Kier molecular flexibility index (Phi) is 10.7. The summed E-state index contributed by atoms with van der Waals surface area (Å²) in [5, 5.41) is 9.62. The fourth-order valence-corrected chi connectivity index (χ4v) is 7.82. The van der Waals surface area contributed by atoms with E-state index >= 15 is 0 Å². The number of hydrogen-bond acceptors (Lipinski definition) is 9. The van der Waals surface area contributed by atoms with Crippen molar-refractivity contribution in [2.45, 2.75) is 23.6 Å². The van der Waals surface area contributed by atoms with E-state index in [-0.39, 0.29) is 16.5 Å². The first-order chi connectivity index (χ1) is 26.0.